The fraction of sp³-hybridized carbons (Fsp3) is 0.333. The summed E-state index contributed by atoms with van der Waals surface area (Å²) in [6, 6.07) is 11.3. The van der Waals surface area contributed by atoms with Gasteiger partial charge < -0.3 is 14.4 Å². The number of para-hydroxylation sites is 1. The van der Waals surface area contributed by atoms with Crippen LogP contribution in [0.1, 0.15) is 5.56 Å². The van der Waals surface area contributed by atoms with Crippen molar-refractivity contribution in [2.24, 2.45) is 0 Å². The number of aryl methyl sites for hydroxylation is 1. The maximum atomic E-state index is 12.9. The number of hydrogen-bond acceptors (Lipinski definition) is 6. The van der Waals surface area contributed by atoms with Gasteiger partial charge in [-0.2, -0.15) is 0 Å². The molecule has 0 spiro atoms. The van der Waals surface area contributed by atoms with Gasteiger partial charge in [-0.15, -0.1) is 25.6 Å². The van der Waals surface area contributed by atoms with E-state index in [2.05, 4.69) is 9.72 Å². The fourth-order valence-electron chi connectivity index (χ4n) is 2.77. The topological polar surface area (TPSA) is 54.9 Å². The lowest BCUT2D eigenvalue weighted by atomic mass is 10.2. The Labute approximate surface area is 194 Å². The van der Waals surface area contributed by atoms with E-state index in [9.17, 15) is 18.0 Å². The van der Waals surface area contributed by atoms with Gasteiger partial charge in [0.25, 0.3) is 5.91 Å². The predicted octanol–water partition coefficient (Wildman–Crippen LogP) is 4.90. The smallest absolute Gasteiger partial charge is 0.483 e. The van der Waals surface area contributed by atoms with Crippen molar-refractivity contribution >= 4 is 45.0 Å². The highest BCUT2D eigenvalue weighted by Crippen LogP contribution is 2.33. The summed E-state index contributed by atoms with van der Waals surface area (Å²) in [5.74, 6) is -0.0122. The molecular formula is C21H23ClF3N3O3S. The minimum Gasteiger partial charge on any atom is -0.483 e. The van der Waals surface area contributed by atoms with E-state index in [4.69, 9.17) is 4.74 Å². The van der Waals surface area contributed by atoms with Crippen molar-refractivity contribution in [3.63, 3.8) is 0 Å². The molecule has 0 unspecified atom stereocenters. The van der Waals surface area contributed by atoms with Crippen LogP contribution in [0.2, 0.25) is 0 Å². The molecule has 0 radical (unpaired) electrons. The third-order valence-electron chi connectivity index (χ3n) is 4.33. The van der Waals surface area contributed by atoms with E-state index >= 15 is 0 Å². The minimum atomic E-state index is -4.78. The Morgan fingerprint density at radius 1 is 1.12 bits per heavy atom. The Morgan fingerprint density at radius 3 is 2.50 bits per heavy atom. The lowest BCUT2D eigenvalue weighted by Gasteiger charge is -2.22. The lowest BCUT2D eigenvalue weighted by Crippen LogP contribution is -2.39. The highest BCUT2D eigenvalue weighted by Gasteiger charge is 2.31. The van der Waals surface area contributed by atoms with E-state index in [1.807, 2.05) is 44.1 Å². The first-order chi connectivity index (χ1) is 14.6. The molecule has 2 aromatic carbocycles. The Kier molecular flexibility index (Phi) is 8.71. The van der Waals surface area contributed by atoms with E-state index < -0.39 is 6.36 Å². The van der Waals surface area contributed by atoms with Gasteiger partial charge in [-0.3, -0.25) is 9.69 Å². The van der Waals surface area contributed by atoms with E-state index in [0.717, 1.165) is 16.9 Å². The largest absolute Gasteiger partial charge is 0.573 e. The van der Waals surface area contributed by atoms with Gasteiger partial charge in [-0.05, 0) is 44.8 Å². The molecule has 0 saturated carbocycles. The fourth-order valence-corrected chi connectivity index (χ4v) is 3.81. The highest BCUT2D eigenvalue weighted by atomic mass is 35.5. The summed E-state index contributed by atoms with van der Waals surface area (Å²) in [6.07, 6.45) is -4.78. The van der Waals surface area contributed by atoms with Gasteiger partial charge in [0, 0.05) is 19.2 Å². The second kappa shape index (κ2) is 10.8. The van der Waals surface area contributed by atoms with Crippen LogP contribution in [0.5, 0.6) is 11.5 Å². The van der Waals surface area contributed by atoms with Crippen LogP contribution >= 0.6 is 23.7 Å². The van der Waals surface area contributed by atoms with Crippen molar-refractivity contribution in [3.8, 4) is 11.5 Å². The Morgan fingerprint density at radius 2 is 1.84 bits per heavy atom. The quantitative estimate of drug-likeness (QED) is 0.450. The van der Waals surface area contributed by atoms with E-state index in [-0.39, 0.29) is 30.7 Å². The molecule has 0 atom stereocenters. The number of halogens is 4. The molecule has 1 aromatic heterocycles. The SMILES string of the molecule is Cc1ccccc1OCC(=O)N(CCN(C)C)c1nc2ccc(OC(F)(F)F)cc2s1.Cl. The summed E-state index contributed by atoms with van der Waals surface area (Å²) in [4.78, 5) is 20.8. The number of benzene rings is 2. The molecular weight excluding hydrogens is 467 g/mol. The van der Waals surface area contributed by atoms with Crippen LogP contribution in [0.25, 0.3) is 10.2 Å². The standard InChI is InChI=1S/C21H22F3N3O3S.ClH/c1-14-6-4-5-7-17(14)29-13-19(28)27(11-10-26(2)3)20-25-16-9-8-15(12-18(16)31-20)30-21(22,23)24;/h4-9,12H,10-11,13H2,1-3H3;1H. The second-order valence-electron chi connectivity index (χ2n) is 7.08. The van der Waals surface area contributed by atoms with Crippen LogP contribution in [-0.2, 0) is 4.79 Å². The molecule has 0 aliphatic rings. The normalized spacial score (nSPS) is 11.3. The van der Waals surface area contributed by atoms with Crippen LogP contribution in [0, 0.1) is 6.92 Å². The maximum absolute atomic E-state index is 12.9. The first-order valence-electron chi connectivity index (χ1n) is 9.42. The number of rotatable bonds is 8. The van der Waals surface area contributed by atoms with Crippen LogP contribution in [0.4, 0.5) is 18.3 Å². The monoisotopic (exact) mass is 489 g/mol. The highest BCUT2D eigenvalue weighted by molar-refractivity contribution is 7.22. The first kappa shape index (κ1) is 25.7. The molecule has 6 nitrogen and oxygen atoms in total. The zero-order chi connectivity index (χ0) is 22.6. The van der Waals surface area contributed by atoms with Gasteiger partial charge in [-0.1, -0.05) is 29.5 Å². The summed E-state index contributed by atoms with van der Waals surface area (Å²) in [6.45, 7) is 2.64. The Bertz CT molecular complexity index is 1060. The second-order valence-corrected chi connectivity index (χ2v) is 8.09. The molecule has 32 heavy (non-hydrogen) atoms. The molecule has 3 rings (SSSR count). The van der Waals surface area contributed by atoms with Gasteiger partial charge in [-0.25, -0.2) is 4.98 Å². The van der Waals surface area contributed by atoms with Gasteiger partial charge in [0.1, 0.15) is 11.5 Å². The van der Waals surface area contributed by atoms with Gasteiger partial charge in [0.05, 0.1) is 10.2 Å². The van der Waals surface area contributed by atoms with Gasteiger partial charge in [0.15, 0.2) is 11.7 Å². The number of carbonyl (C=O) groups is 1. The van der Waals surface area contributed by atoms with Crippen molar-refractivity contribution < 1.29 is 27.4 Å². The molecule has 1 heterocycles. The molecule has 0 bridgehead atoms. The molecule has 0 N–H and O–H groups in total. The van der Waals surface area contributed by atoms with Crippen molar-refractivity contribution in [2.75, 3.05) is 38.7 Å². The number of fused-ring (bicyclic) bond motifs is 1. The lowest BCUT2D eigenvalue weighted by molar-refractivity contribution is -0.274. The molecule has 0 fully saturated rings. The Balaban J connectivity index is 0.00000363. The summed E-state index contributed by atoms with van der Waals surface area (Å²) in [5.41, 5.74) is 1.39. The predicted molar refractivity (Wildman–Crippen MR) is 121 cm³/mol. The number of aromatic nitrogens is 1. The maximum Gasteiger partial charge on any atom is 0.573 e. The summed E-state index contributed by atoms with van der Waals surface area (Å²) in [7, 11) is 3.76. The van der Waals surface area contributed by atoms with E-state index in [1.54, 1.807) is 6.07 Å². The van der Waals surface area contributed by atoms with E-state index in [0.29, 0.717) is 34.2 Å². The van der Waals surface area contributed by atoms with E-state index in [1.165, 1.54) is 23.1 Å². The molecule has 174 valence electrons. The minimum absolute atomic E-state index is 0. The molecule has 1 amide bonds. The number of carbonyl (C=O) groups excluding carboxylic acids is 1. The number of amides is 1. The van der Waals surface area contributed by atoms with Crippen molar-refractivity contribution in [1.82, 2.24) is 9.88 Å². The molecule has 11 heteroatoms. The van der Waals surface area contributed by atoms with Crippen molar-refractivity contribution in [2.45, 2.75) is 13.3 Å². The summed E-state index contributed by atoms with van der Waals surface area (Å²) >= 11 is 1.12. The first-order valence-corrected chi connectivity index (χ1v) is 10.2. The molecule has 0 aliphatic heterocycles. The molecule has 0 saturated heterocycles. The van der Waals surface area contributed by atoms with Gasteiger partial charge >= 0.3 is 6.36 Å². The number of thiazole rings is 1. The van der Waals surface area contributed by atoms with Crippen molar-refractivity contribution in [3.05, 3.63) is 48.0 Å². The number of ether oxygens (including phenoxy) is 2. The van der Waals surface area contributed by atoms with Crippen LogP contribution in [0.3, 0.4) is 0 Å². The third-order valence-corrected chi connectivity index (χ3v) is 5.37. The van der Waals surface area contributed by atoms with Crippen LogP contribution in [-0.4, -0.2) is 55.9 Å². The van der Waals surface area contributed by atoms with Gasteiger partial charge in [0.2, 0.25) is 0 Å². The molecule has 3 aromatic rings. The summed E-state index contributed by atoms with van der Waals surface area (Å²) in [5, 5.41) is 0.388. The average molecular weight is 490 g/mol. The van der Waals surface area contributed by atoms with Crippen LogP contribution in [0.15, 0.2) is 42.5 Å². The van der Waals surface area contributed by atoms with Crippen molar-refractivity contribution in [1.29, 1.82) is 0 Å². The number of nitrogens with zero attached hydrogens (tertiary/aromatic N) is 3. The number of likely N-dealkylation sites (N-methyl/N-ethyl adjacent to an activating group) is 1. The zero-order valence-corrected chi connectivity index (χ0v) is 19.3. The Hall–Kier alpha value is -2.56. The molecule has 0 aliphatic carbocycles. The zero-order valence-electron chi connectivity index (χ0n) is 17.7. The van der Waals surface area contributed by atoms with Crippen LogP contribution < -0.4 is 14.4 Å². The number of hydrogen-bond donors (Lipinski definition) is 0. The summed E-state index contributed by atoms with van der Waals surface area (Å²) < 4.78 is 47.7. The number of anilines is 1. The third kappa shape index (κ3) is 6.98. The number of alkyl halides is 3. The average Bonchev–Trinajstić information content (AvgIpc) is 3.09.